The zero-order valence-electron chi connectivity index (χ0n) is 11.7. The third-order valence-corrected chi connectivity index (χ3v) is 3.58. The van der Waals surface area contributed by atoms with Gasteiger partial charge in [0.15, 0.2) is 0 Å². The zero-order valence-corrected chi connectivity index (χ0v) is 11.7. The molecule has 1 aliphatic rings. The average molecular weight is 260 g/mol. The Bertz CT molecular complexity index is 422. The van der Waals surface area contributed by atoms with Gasteiger partial charge in [-0.3, -0.25) is 5.43 Å². The van der Waals surface area contributed by atoms with Gasteiger partial charge in [-0.15, -0.1) is 0 Å². The molecule has 2 rings (SSSR count). The normalized spacial score (nSPS) is 17.3. The first-order valence-electron chi connectivity index (χ1n) is 7.11. The number of nitrogens with two attached hydrogens (primary N) is 1. The fourth-order valence-electron chi connectivity index (χ4n) is 2.55. The fraction of sp³-hybridized carbons (Fsp3) is 0.533. The summed E-state index contributed by atoms with van der Waals surface area (Å²) in [7, 11) is 0. The van der Waals surface area contributed by atoms with Gasteiger partial charge in [-0.2, -0.15) is 0 Å². The molecule has 0 bridgehead atoms. The number of nitrogens with one attached hydrogen (secondary N) is 2. The van der Waals surface area contributed by atoms with Crippen LogP contribution in [0.25, 0.3) is 0 Å². The van der Waals surface area contributed by atoms with Gasteiger partial charge in [-0.25, -0.2) is 10.8 Å². The number of hydrogen-bond acceptors (Lipinski definition) is 2. The maximum Gasteiger partial charge on any atom is 0.206 e. The Morgan fingerprint density at radius 3 is 2.79 bits per heavy atom. The SMILES string of the molecule is Cc1cccc(CN=C(NN)NC2CCCCC2)c1. The van der Waals surface area contributed by atoms with E-state index in [1.54, 1.807) is 0 Å². The highest BCUT2D eigenvalue weighted by molar-refractivity contribution is 5.79. The minimum atomic E-state index is 0.515. The van der Waals surface area contributed by atoms with Crippen LogP contribution in [0, 0.1) is 6.92 Å². The lowest BCUT2D eigenvalue weighted by atomic mass is 9.96. The van der Waals surface area contributed by atoms with E-state index in [0.717, 1.165) is 0 Å². The number of aryl methyl sites for hydroxylation is 1. The summed E-state index contributed by atoms with van der Waals surface area (Å²) >= 11 is 0. The van der Waals surface area contributed by atoms with E-state index >= 15 is 0 Å². The third-order valence-electron chi connectivity index (χ3n) is 3.58. The van der Waals surface area contributed by atoms with Crippen molar-refractivity contribution in [2.75, 3.05) is 0 Å². The fourth-order valence-corrected chi connectivity index (χ4v) is 2.55. The molecule has 0 aliphatic heterocycles. The van der Waals surface area contributed by atoms with Gasteiger partial charge in [0.2, 0.25) is 5.96 Å². The van der Waals surface area contributed by atoms with Gasteiger partial charge in [0.1, 0.15) is 0 Å². The summed E-state index contributed by atoms with van der Waals surface area (Å²) in [6, 6.07) is 8.91. The summed E-state index contributed by atoms with van der Waals surface area (Å²) in [5, 5.41) is 3.40. The second-order valence-electron chi connectivity index (χ2n) is 5.28. The number of hydrazine groups is 1. The Kier molecular flexibility index (Phi) is 5.21. The molecular formula is C15H24N4. The number of nitrogens with zero attached hydrogens (tertiary/aromatic N) is 1. The summed E-state index contributed by atoms with van der Waals surface area (Å²) in [5.41, 5.74) is 5.14. The monoisotopic (exact) mass is 260 g/mol. The molecule has 4 nitrogen and oxygen atoms in total. The predicted octanol–water partition coefficient (Wildman–Crippen LogP) is 2.24. The number of benzene rings is 1. The molecule has 0 heterocycles. The van der Waals surface area contributed by atoms with Crippen LogP contribution in [0.1, 0.15) is 43.2 Å². The Labute approximate surface area is 115 Å². The van der Waals surface area contributed by atoms with Gasteiger partial charge in [0.25, 0.3) is 0 Å². The van der Waals surface area contributed by atoms with Crippen LogP contribution in [0.15, 0.2) is 29.3 Å². The Morgan fingerprint density at radius 1 is 1.32 bits per heavy atom. The number of guanidine groups is 1. The van der Waals surface area contributed by atoms with Crippen LogP contribution in [0.4, 0.5) is 0 Å². The first-order chi connectivity index (χ1) is 9.28. The molecule has 1 aromatic carbocycles. The van der Waals surface area contributed by atoms with Crippen molar-refractivity contribution in [1.29, 1.82) is 0 Å². The molecule has 0 radical (unpaired) electrons. The van der Waals surface area contributed by atoms with E-state index in [1.165, 1.54) is 43.2 Å². The lowest BCUT2D eigenvalue weighted by Gasteiger charge is -2.24. The molecule has 0 amide bonds. The summed E-state index contributed by atoms with van der Waals surface area (Å²) in [6.45, 7) is 2.75. The van der Waals surface area contributed by atoms with Crippen molar-refractivity contribution >= 4 is 5.96 Å². The molecule has 1 aliphatic carbocycles. The van der Waals surface area contributed by atoms with Crippen molar-refractivity contribution in [2.45, 2.75) is 51.6 Å². The van der Waals surface area contributed by atoms with Crippen LogP contribution in [0.3, 0.4) is 0 Å². The van der Waals surface area contributed by atoms with E-state index in [-0.39, 0.29) is 0 Å². The highest BCUT2D eigenvalue weighted by atomic mass is 15.3. The predicted molar refractivity (Wildman–Crippen MR) is 79.6 cm³/mol. The van der Waals surface area contributed by atoms with E-state index in [0.29, 0.717) is 18.5 Å². The quantitative estimate of drug-likeness (QED) is 0.338. The minimum absolute atomic E-state index is 0.515. The lowest BCUT2D eigenvalue weighted by molar-refractivity contribution is 0.410. The molecule has 0 unspecified atom stereocenters. The van der Waals surface area contributed by atoms with Gasteiger partial charge in [0, 0.05) is 6.04 Å². The second-order valence-corrected chi connectivity index (χ2v) is 5.28. The van der Waals surface area contributed by atoms with Crippen LogP contribution in [-0.4, -0.2) is 12.0 Å². The molecule has 104 valence electrons. The molecule has 19 heavy (non-hydrogen) atoms. The van der Waals surface area contributed by atoms with Crippen molar-refractivity contribution in [3.63, 3.8) is 0 Å². The van der Waals surface area contributed by atoms with Gasteiger partial charge in [-0.05, 0) is 25.3 Å². The van der Waals surface area contributed by atoms with Crippen molar-refractivity contribution in [3.05, 3.63) is 35.4 Å². The van der Waals surface area contributed by atoms with E-state index in [9.17, 15) is 0 Å². The molecular weight excluding hydrogens is 236 g/mol. The van der Waals surface area contributed by atoms with Crippen LogP contribution in [0.5, 0.6) is 0 Å². The Morgan fingerprint density at radius 2 is 2.11 bits per heavy atom. The number of rotatable bonds is 3. The molecule has 0 atom stereocenters. The molecule has 0 saturated heterocycles. The first-order valence-corrected chi connectivity index (χ1v) is 7.11. The van der Waals surface area contributed by atoms with Gasteiger partial charge in [0.05, 0.1) is 6.54 Å². The molecule has 0 spiro atoms. The van der Waals surface area contributed by atoms with E-state index < -0.39 is 0 Å². The zero-order chi connectivity index (χ0) is 13.5. The number of hydrogen-bond donors (Lipinski definition) is 3. The second kappa shape index (κ2) is 7.14. The highest BCUT2D eigenvalue weighted by Crippen LogP contribution is 2.17. The van der Waals surface area contributed by atoms with Gasteiger partial charge < -0.3 is 5.32 Å². The lowest BCUT2D eigenvalue weighted by Crippen LogP contribution is -2.47. The highest BCUT2D eigenvalue weighted by Gasteiger charge is 2.13. The summed E-state index contributed by atoms with van der Waals surface area (Å²) in [6.07, 6.45) is 6.38. The number of aliphatic imine (C=N–C) groups is 1. The van der Waals surface area contributed by atoms with Crippen molar-refractivity contribution in [2.24, 2.45) is 10.8 Å². The van der Waals surface area contributed by atoms with Crippen molar-refractivity contribution in [3.8, 4) is 0 Å². The largest absolute Gasteiger partial charge is 0.353 e. The van der Waals surface area contributed by atoms with E-state index in [1.807, 2.05) is 0 Å². The van der Waals surface area contributed by atoms with Gasteiger partial charge >= 0.3 is 0 Å². The topological polar surface area (TPSA) is 62.4 Å². The maximum absolute atomic E-state index is 5.54. The van der Waals surface area contributed by atoms with Crippen LogP contribution < -0.4 is 16.6 Å². The molecule has 1 saturated carbocycles. The molecule has 1 fully saturated rings. The molecule has 0 aromatic heterocycles. The summed E-state index contributed by atoms with van der Waals surface area (Å²) in [5.74, 6) is 6.24. The summed E-state index contributed by atoms with van der Waals surface area (Å²) < 4.78 is 0. The Balaban J connectivity index is 1.91. The van der Waals surface area contributed by atoms with Gasteiger partial charge in [-0.1, -0.05) is 49.1 Å². The maximum atomic E-state index is 5.54. The van der Waals surface area contributed by atoms with Crippen LogP contribution >= 0.6 is 0 Å². The van der Waals surface area contributed by atoms with Crippen LogP contribution in [0.2, 0.25) is 0 Å². The van der Waals surface area contributed by atoms with E-state index in [4.69, 9.17) is 5.84 Å². The molecule has 4 heteroatoms. The standard InChI is InChI=1S/C15H24N4/c1-12-6-5-7-13(10-12)11-17-15(19-16)18-14-8-3-2-4-9-14/h5-7,10,14H,2-4,8-9,11,16H2,1H3,(H2,17,18,19). The average Bonchev–Trinajstić information content (AvgIpc) is 2.44. The van der Waals surface area contributed by atoms with Crippen molar-refractivity contribution < 1.29 is 0 Å². The smallest absolute Gasteiger partial charge is 0.206 e. The van der Waals surface area contributed by atoms with Crippen LogP contribution in [-0.2, 0) is 6.54 Å². The van der Waals surface area contributed by atoms with E-state index in [2.05, 4.69) is 46.9 Å². The summed E-state index contributed by atoms with van der Waals surface area (Å²) in [4.78, 5) is 4.52. The molecule has 1 aromatic rings. The first kappa shape index (κ1) is 13.9. The van der Waals surface area contributed by atoms with Crippen molar-refractivity contribution in [1.82, 2.24) is 10.7 Å². The molecule has 4 N–H and O–H groups in total. The Hall–Kier alpha value is -1.55. The third kappa shape index (κ3) is 4.56. The minimum Gasteiger partial charge on any atom is -0.353 e.